The van der Waals surface area contributed by atoms with Crippen molar-refractivity contribution in [3.63, 3.8) is 0 Å². The van der Waals surface area contributed by atoms with Crippen LogP contribution in [0.25, 0.3) is 0 Å². The fourth-order valence-electron chi connectivity index (χ4n) is 0.548. The van der Waals surface area contributed by atoms with Crippen molar-refractivity contribution in [2.75, 3.05) is 0 Å². The Hall–Kier alpha value is 0.240. The summed E-state index contributed by atoms with van der Waals surface area (Å²) in [6.45, 7) is 1.22. The van der Waals surface area contributed by atoms with Crippen LogP contribution in [0.2, 0.25) is 0 Å². The molecule has 0 spiro atoms. The van der Waals surface area contributed by atoms with Crippen LogP contribution in [0.4, 0.5) is 0 Å². The van der Waals surface area contributed by atoms with Crippen LogP contribution < -0.4 is 0 Å². The van der Waals surface area contributed by atoms with Crippen molar-refractivity contribution in [3.05, 3.63) is 0 Å². The molecule has 0 aromatic carbocycles. The van der Waals surface area contributed by atoms with Crippen molar-refractivity contribution >= 4 is 28.4 Å². The molecule has 0 aromatic heterocycles. The molecule has 0 fully saturated rings. The lowest BCUT2D eigenvalue weighted by molar-refractivity contribution is -0.143. The molecule has 0 radical (unpaired) electrons. The first-order chi connectivity index (χ1) is 5.37. The first-order valence-electron chi connectivity index (χ1n) is 3.28. The number of hydrogen-bond acceptors (Lipinski definition) is 5. The predicted molar refractivity (Wildman–Crippen MR) is 48.7 cm³/mol. The number of carbonyl (C=O) groups excluding carboxylic acids is 1. The van der Waals surface area contributed by atoms with E-state index in [1.54, 1.807) is 0 Å². The Bertz CT molecular complexity index is 142. The zero-order valence-corrected chi connectivity index (χ0v) is 8.54. The van der Waals surface area contributed by atoms with E-state index in [-0.39, 0.29) is 0 Å². The minimum absolute atomic E-state index is 0.980. The lowest BCUT2D eigenvalue weighted by Gasteiger charge is -2.17. The van der Waals surface area contributed by atoms with Gasteiger partial charge in [0, 0.05) is 0 Å². The molecule has 72 valence electrons. The Kier molecular flexibility index (Phi) is 5.18. The number of carbonyl (C=O) groups is 1. The van der Waals surface area contributed by atoms with Crippen molar-refractivity contribution in [1.29, 1.82) is 0 Å². The average molecular weight is 290 g/mol. The van der Waals surface area contributed by atoms with E-state index in [9.17, 15) is 4.79 Å². The highest BCUT2D eigenvalue weighted by molar-refractivity contribution is 14.1. The van der Waals surface area contributed by atoms with Crippen LogP contribution in [0.1, 0.15) is 6.92 Å². The molecule has 4 atom stereocenters. The molecule has 1 unspecified atom stereocenters. The molecule has 12 heavy (non-hydrogen) atoms. The molecule has 0 aliphatic carbocycles. The Morgan fingerprint density at radius 3 is 1.83 bits per heavy atom. The molecule has 0 aliphatic heterocycles. The molecule has 0 saturated carbocycles. The molecule has 0 rings (SSSR count). The monoisotopic (exact) mass is 290 g/mol. The number of ketones is 1. The molecule has 0 aliphatic rings. The summed E-state index contributed by atoms with van der Waals surface area (Å²) >= 11 is 1.43. The van der Waals surface area contributed by atoms with E-state index in [4.69, 9.17) is 20.4 Å². The van der Waals surface area contributed by atoms with E-state index < -0.39 is 28.2 Å². The van der Waals surface area contributed by atoms with Crippen LogP contribution in [0, 0.1) is 0 Å². The van der Waals surface area contributed by atoms with Gasteiger partial charge in [0.15, 0.2) is 5.78 Å². The quantitative estimate of drug-likeness (QED) is 0.370. The van der Waals surface area contributed by atoms with Gasteiger partial charge < -0.3 is 20.4 Å². The summed E-state index contributed by atoms with van der Waals surface area (Å²) in [7, 11) is 0. The van der Waals surface area contributed by atoms with E-state index in [2.05, 4.69) is 0 Å². The van der Waals surface area contributed by atoms with Crippen LogP contribution in [0.15, 0.2) is 0 Å². The third-order valence-corrected chi connectivity index (χ3v) is 1.98. The highest BCUT2D eigenvalue weighted by Crippen LogP contribution is 2.07. The van der Waals surface area contributed by atoms with E-state index in [0.717, 1.165) is 0 Å². The zero-order valence-electron chi connectivity index (χ0n) is 6.38. The molecule has 0 bridgehead atoms. The molecule has 0 amide bonds. The van der Waals surface area contributed by atoms with Gasteiger partial charge in [0.25, 0.3) is 0 Å². The number of halogens is 1. The van der Waals surface area contributed by atoms with Gasteiger partial charge in [-0.3, -0.25) is 4.79 Å². The minimum atomic E-state index is -1.66. The van der Waals surface area contributed by atoms with Crippen LogP contribution in [-0.2, 0) is 4.79 Å². The highest BCUT2D eigenvalue weighted by Gasteiger charge is 2.30. The van der Waals surface area contributed by atoms with Crippen molar-refractivity contribution in [1.82, 2.24) is 0 Å². The van der Waals surface area contributed by atoms with Gasteiger partial charge in [-0.05, 0) is 29.5 Å². The summed E-state index contributed by atoms with van der Waals surface area (Å²) in [6.07, 6.45) is -4.55. The minimum Gasteiger partial charge on any atom is -0.390 e. The van der Waals surface area contributed by atoms with Gasteiger partial charge in [0.1, 0.15) is 16.3 Å². The number of aliphatic hydroxyl groups is 4. The predicted octanol–water partition coefficient (Wildman–Crippen LogP) is -1.59. The van der Waals surface area contributed by atoms with Gasteiger partial charge in [-0.15, -0.1) is 0 Å². The summed E-state index contributed by atoms with van der Waals surface area (Å²) in [5.41, 5.74) is 0. The molecular formula is C6H11IO5. The number of alkyl halides is 1. The summed E-state index contributed by atoms with van der Waals surface area (Å²) in [4.78, 5) is 10.9. The largest absolute Gasteiger partial charge is 0.390 e. The summed E-state index contributed by atoms with van der Waals surface area (Å²) in [5.74, 6) is -0.980. The van der Waals surface area contributed by atoms with Crippen LogP contribution in [0.3, 0.4) is 0 Å². The standard InChI is InChI=1S/C6H11IO5/c1-2(8)3(9)4(10)5(11)6(7)12/h2-3,5-6,8-9,11-12H,1H3/t2-,3-,5-,6?/m1/s1. The second kappa shape index (κ2) is 5.07. The number of aliphatic hydroxyl groups excluding tert-OH is 4. The van der Waals surface area contributed by atoms with Crippen molar-refractivity contribution in [3.8, 4) is 0 Å². The number of rotatable bonds is 4. The molecular weight excluding hydrogens is 279 g/mol. The smallest absolute Gasteiger partial charge is 0.195 e. The molecule has 6 heteroatoms. The fourth-order valence-corrected chi connectivity index (χ4v) is 0.903. The van der Waals surface area contributed by atoms with E-state index in [0.29, 0.717) is 0 Å². The van der Waals surface area contributed by atoms with Crippen molar-refractivity contribution in [2.45, 2.75) is 29.3 Å². The molecule has 0 heterocycles. The highest BCUT2D eigenvalue weighted by atomic mass is 127. The van der Waals surface area contributed by atoms with Crippen LogP contribution in [0.5, 0.6) is 0 Å². The first-order valence-corrected chi connectivity index (χ1v) is 4.52. The van der Waals surface area contributed by atoms with Gasteiger partial charge in [-0.2, -0.15) is 0 Å². The van der Waals surface area contributed by atoms with Gasteiger partial charge in [-0.1, -0.05) is 0 Å². The first kappa shape index (κ1) is 12.2. The molecule has 0 saturated heterocycles. The van der Waals surface area contributed by atoms with Crippen molar-refractivity contribution in [2.24, 2.45) is 0 Å². The lowest BCUT2D eigenvalue weighted by Crippen LogP contribution is -2.42. The van der Waals surface area contributed by atoms with Crippen LogP contribution >= 0.6 is 22.6 Å². The SMILES string of the molecule is C[C@@H](O)[C@@H](O)C(=O)[C@@H](O)C(O)I. The third-order valence-electron chi connectivity index (χ3n) is 1.30. The van der Waals surface area contributed by atoms with Gasteiger partial charge in [0.2, 0.25) is 0 Å². The summed E-state index contributed by atoms with van der Waals surface area (Å²) in [5, 5.41) is 35.4. The Labute approximate surface area is 83.2 Å². The van der Waals surface area contributed by atoms with Gasteiger partial charge in [0.05, 0.1) is 6.10 Å². The summed E-state index contributed by atoms with van der Waals surface area (Å²) < 4.78 is -1.27. The average Bonchev–Trinajstić information content (AvgIpc) is 2.00. The van der Waals surface area contributed by atoms with Crippen LogP contribution in [-0.4, -0.2) is 48.6 Å². The van der Waals surface area contributed by atoms with Gasteiger partial charge in [-0.25, -0.2) is 0 Å². The fraction of sp³-hybridized carbons (Fsp3) is 0.833. The Balaban J connectivity index is 4.19. The topological polar surface area (TPSA) is 98.0 Å². The maximum absolute atomic E-state index is 10.9. The van der Waals surface area contributed by atoms with E-state index in [1.807, 2.05) is 0 Å². The van der Waals surface area contributed by atoms with E-state index >= 15 is 0 Å². The second-order valence-electron chi connectivity index (χ2n) is 2.41. The van der Waals surface area contributed by atoms with Gasteiger partial charge >= 0.3 is 0 Å². The molecule has 0 aromatic rings. The number of hydrogen-bond donors (Lipinski definition) is 4. The maximum Gasteiger partial charge on any atom is 0.195 e. The lowest BCUT2D eigenvalue weighted by atomic mass is 10.1. The zero-order chi connectivity index (χ0) is 9.89. The maximum atomic E-state index is 10.9. The Morgan fingerprint density at radius 2 is 1.58 bits per heavy atom. The van der Waals surface area contributed by atoms with Crippen molar-refractivity contribution < 1.29 is 25.2 Å². The third kappa shape index (κ3) is 3.31. The molecule has 5 nitrogen and oxygen atoms in total. The molecule has 4 N–H and O–H groups in total. The normalized spacial score (nSPS) is 21.2. The second-order valence-corrected chi connectivity index (χ2v) is 3.68. The number of Topliss-reactive ketones (excluding diaryl/α,β-unsaturated/α-hetero) is 1. The summed E-state index contributed by atoms with van der Waals surface area (Å²) in [6, 6.07) is 0. The Morgan fingerprint density at radius 1 is 1.17 bits per heavy atom. The van der Waals surface area contributed by atoms with E-state index in [1.165, 1.54) is 29.5 Å².